The summed E-state index contributed by atoms with van der Waals surface area (Å²) in [6.07, 6.45) is 3.83. The molecular weight excluding hydrogens is 216 g/mol. The summed E-state index contributed by atoms with van der Waals surface area (Å²) in [6.45, 7) is 3.42. The van der Waals surface area contributed by atoms with Crippen LogP contribution in [0.25, 0.3) is 0 Å². The third-order valence-corrected chi connectivity index (χ3v) is 4.90. The second-order valence-electron chi connectivity index (χ2n) is 4.99. The lowest BCUT2D eigenvalue weighted by molar-refractivity contribution is 0.215. The summed E-state index contributed by atoms with van der Waals surface area (Å²) in [5, 5.41) is 2.15. The summed E-state index contributed by atoms with van der Waals surface area (Å²) in [7, 11) is 2.22. The molecule has 90 valence electrons. The van der Waals surface area contributed by atoms with E-state index in [2.05, 4.69) is 36.4 Å². The van der Waals surface area contributed by atoms with Crippen LogP contribution in [0.4, 0.5) is 0 Å². The molecule has 1 aliphatic rings. The van der Waals surface area contributed by atoms with Crippen molar-refractivity contribution in [2.75, 3.05) is 13.6 Å². The average Bonchev–Trinajstić information content (AvgIpc) is 2.89. The smallest absolute Gasteiger partial charge is 0.0410 e. The van der Waals surface area contributed by atoms with Crippen LogP contribution in [0.5, 0.6) is 0 Å². The van der Waals surface area contributed by atoms with Crippen LogP contribution in [0.1, 0.15) is 37.1 Å². The molecule has 0 saturated heterocycles. The molecule has 3 unspecified atom stereocenters. The first-order valence-electron chi connectivity index (χ1n) is 6.17. The monoisotopic (exact) mass is 238 g/mol. The van der Waals surface area contributed by atoms with Crippen molar-refractivity contribution < 1.29 is 0 Å². The van der Waals surface area contributed by atoms with Crippen molar-refractivity contribution in [2.45, 2.75) is 38.3 Å². The maximum atomic E-state index is 6.12. The second-order valence-corrected chi connectivity index (χ2v) is 5.97. The van der Waals surface area contributed by atoms with Gasteiger partial charge in [-0.25, -0.2) is 0 Å². The van der Waals surface area contributed by atoms with Crippen molar-refractivity contribution in [2.24, 2.45) is 11.7 Å². The zero-order chi connectivity index (χ0) is 11.5. The Morgan fingerprint density at radius 2 is 2.38 bits per heavy atom. The van der Waals surface area contributed by atoms with Gasteiger partial charge in [0.15, 0.2) is 0 Å². The van der Waals surface area contributed by atoms with Crippen LogP contribution in [0.2, 0.25) is 0 Å². The molecular formula is C13H22N2S. The molecule has 0 aliphatic heterocycles. The van der Waals surface area contributed by atoms with E-state index in [-0.39, 0.29) is 0 Å². The quantitative estimate of drug-likeness (QED) is 0.874. The molecule has 16 heavy (non-hydrogen) atoms. The van der Waals surface area contributed by atoms with E-state index in [1.807, 2.05) is 11.3 Å². The fourth-order valence-corrected chi connectivity index (χ4v) is 3.41. The van der Waals surface area contributed by atoms with Gasteiger partial charge in [0.05, 0.1) is 0 Å². The van der Waals surface area contributed by atoms with E-state index in [4.69, 9.17) is 5.73 Å². The highest BCUT2D eigenvalue weighted by Gasteiger charge is 2.26. The third-order valence-electron chi connectivity index (χ3n) is 3.86. The van der Waals surface area contributed by atoms with Crippen LogP contribution in [0.15, 0.2) is 17.5 Å². The number of hydrogen-bond donors (Lipinski definition) is 1. The lowest BCUT2D eigenvalue weighted by Gasteiger charge is -2.28. The molecule has 3 atom stereocenters. The summed E-state index contributed by atoms with van der Waals surface area (Å²) >= 11 is 1.85. The van der Waals surface area contributed by atoms with Gasteiger partial charge in [-0.1, -0.05) is 12.5 Å². The van der Waals surface area contributed by atoms with Crippen LogP contribution in [-0.2, 0) is 0 Å². The SMILES string of the molecule is CC(c1cccs1)N(C)CC1CCCC1N. The summed E-state index contributed by atoms with van der Waals surface area (Å²) in [6, 6.07) is 5.30. The topological polar surface area (TPSA) is 29.3 Å². The van der Waals surface area contributed by atoms with Gasteiger partial charge in [-0.15, -0.1) is 11.3 Å². The van der Waals surface area contributed by atoms with Crippen LogP contribution >= 0.6 is 11.3 Å². The second kappa shape index (κ2) is 5.30. The van der Waals surface area contributed by atoms with Gasteiger partial charge in [-0.3, -0.25) is 4.90 Å². The third kappa shape index (κ3) is 2.65. The molecule has 0 amide bonds. The first kappa shape index (κ1) is 12.1. The zero-order valence-corrected chi connectivity index (χ0v) is 11.0. The first-order chi connectivity index (χ1) is 7.68. The Hall–Kier alpha value is -0.380. The Kier molecular flexibility index (Phi) is 4.00. The van der Waals surface area contributed by atoms with Gasteiger partial charge < -0.3 is 5.73 Å². The van der Waals surface area contributed by atoms with E-state index in [0.717, 1.165) is 6.54 Å². The number of hydrogen-bond acceptors (Lipinski definition) is 3. The fourth-order valence-electron chi connectivity index (χ4n) is 2.57. The van der Waals surface area contributed by atoms with Crippen LogP contribution in [-0.4, -0.2) is 24.5 Å². The van der Waals surface area contributed by atoms with Crippen LogP contribution in [0, 0.1) is 5.92 Å². The summed E-state index contributed by atoms with van der Waals surface area (Å²) < 4.78 is 0. The molecule has 0 spiro atoms. The van der Waals surface area contributed by atoms with Gasteiger partial charge in [0.2, 0.25) is 0 Å². The van der Waals surface area contributed by atoms with Gasteiger partial charge in [-0.05, 0) is 44.2 Å². The van der Waals surface area contributed by atoms with Gasteiger partial charge in [0, 0.05) is 23.5 Å². The first-order valence-corrected chi connectivity index (χ1v) is 7.05. The lowest BCUT2D eigenvalue weighted by Crippen LogP contribution is -2.35. The van der Waals surface area contributed by atoms with Crippen molar-refractivity contribution in [1.29, 1.82) is 0 Å². The van der Waals surface area contributed by atoms with Crippen LogP contribution < -0.4 is 5.73 Å². The minimum atomic E-state index is 0.429. The molecule has 1 aromatic rings. The molecule has 1 aromatic heterocycles. The average molecular weight is 238 g/mol. The molecule has 1 aliphatic carbocycles. The molecule has 0 radical (unpaired) electrons. The number of rotatable bonds is 4. The van der Waals surface area contributed by atoms with Gasteiger partial charge in [0.25, 0.3) is 0 Å². The maximum Gasteiger partial charge on any atom is 0.0410 e. The Bertz CT molecular complexity index is 310. The van der Waals surface area contributed by atoms with E-state index in [9.17, 15) is 0 Å². The maximum absolute atomic E-state index is 6.12. The highest BCUT2D eigenvalue weighted by Crippen LogP contribution is 2.29. The normalized spacial score (nSPS) is 27.5. The van der Waals surface area contributed by atoms with E-state index in [1.165, 1.54) is 24.1 Å². The minimum absolute atomic E-state index is 0.429. The summed E-state index contributed by atoms with van der Waals surface area (Å²) in [4.78, 5) is 3.90. The van der Waals surface area contributed by atoms with Crippen molar-refractivity contribution in [3.63, 3.8) is 0 Å². The Morgan fingerprint density at radius 1 is 1.56 bits per heavy atom. The van der Waals surface area contributed by atoms with Gasteiger partial charge in [0.1, 0.15) is 0 Å². The zero-order valence-electron chi connectivity index (χ0n) is 10.2. The highest BCUT2D eigenvalue weighted by molar-refractivity contribution is 7.10. The molecule has 0 aromatic carbocycles. The largest absolute Gasteiger partial charge is 0.327 e. The molecule has 1 saturated carbocycles. The van der Waals surface area contributed by atoms with E-state index in [0.29, 0.717) is 18.0 Å². The van der Waals surface area contributed by atoms with E-state index in [1.54, 1.807) is 0 Å². The van der Waals surface area contributed by atoms with Crippen molar-refractivity contribution in [3.05, 3.63) is 22.4 Å². The predicted octanol–water partition coefficient (Wildman–Crippen LogP) is 2.87. The molecule has 2 N–H and O–H groups in total. The van der Waals surface area contributed by atoms with E-state index < -0.39 is 0 Å². The Labute approximate surface area is 102 Å². The molecule has 1 heterocycles. The Morgan fingerprint density at radius 3 is 2.94 bits per heavy atom. The highest BCUT2D eigenvalue weighted by atomic mass is 32.1. The van der Waals surface area contributed by atoms with Crippen LogP contribution in [0.3, 0.4) is 0 Å². The van der Waals surface area contributed by atoms with E-state index >= 15 is 0 Å². The molecule has 0 bridgehead atoms. The summed E-state index contributed by atoms with van der Waals surface area (Å²) in [5.74, 6) is 0.701. The molecule has 1 fully saturated rings. The van der Waals surface area contributed by atoms with Gasteiger partial charge in [-0.2, -0.15) is 0 Å². The predicted molar refractivity (Wildman–Crippen MR) is 70.7 cm³/mol. The standard InChI is InChI=1S/C13H22N2S/c1-10(13-7-4-8-16-13)15(2)9-11-5-3-6-12(11)14/h4,7-8,10-12H,3,5-6,9,14H2,1-2H3. The lowest BCUT2D eigenvalue weighted by atomic mass is 10.0. The van der Waals surface area contributed by atoms with Crippen molar-refractivity contribution >= 4 is 11.3 Å². The minimum Gasteiger partial charge on any atom is -0.327 e. The molecule has 2 nitrogen and oxygen atoms in total. The molecule has 2 rings (SSSR count). The van der Waals surface area contributed by atoms with Gasteiger partial charge >= 0.3 is 0 Å². The number of thiophene rings is 1. The Balaban J connectivity index is 1.90. The van der Waals surface area contributed by atoms with Crippen molar-refractivity contribution in [3.8, 4) is 0 Å². The fraction of sp³-hybridized carbons (Fsp3) is 0.692. The number of nitrogens with zero attached hydrogens (tertiary/aromatic N) is 1. The van der Waals surface area contributed by atoms with Crippen molar-refractivity contribution in [1.82, 2.24) is 4.90 Å². The summed E-state index contributed by atoms with van der Waals surface area (Å²) in [5.41, 5.74) is 6.12. The molecule has 3 heteroatoms. The number of nitrogens with two attached hydrogens (primary N) is 1.